The van der Waals surface area contributed by atoms with Gasteiger partial charge in [0.15, 0.2) is 11.3 Å². The first-order valence-electron chi connectivity index (χ1n) is 12.0. The molecule has 10 heteroatoms. The number of aryl methyl sites for hydroxylation is 1. The number of halogens is 2. The van der Waals surface area contributed by atoms with E-state index < -0.39 is 17.7 Å². The number of pyridine rings is 1. The maximum absolute atomic E-state index is 14.7. The molecule has 0 fully saturated rings. The summed E-state index contributed by atoms with van der Waals surface area (Å²) < 4.78 is 32.4. The van der Waals surface area contributed by atoms with Crippen LogP contribution in [0.25, 0.3) is 55.5 Å². The number of rotatable bonds is 4. The van der Waals surface area contributed by atoms with Crippen LogP contribution in [0.5, 0.6) is 0 Å². The average Bonchev–Trinajstić information content (AvgIpc) is 3.66. The summed E-state index contributed by atoms with van der Waals surface area (Å²) in [7, 11) is 1.81. The summed E-state index contributed by atoms with van der Waals surface area (Å²) >= 11 is 0. The lowest BCUT2D eigenvalue weighted by molar-refractivity contribution is 0.590. The second-order valence-electron chi connectivity index (χ2n) is 9.25. The van der Waals surface area contributed by atoms with E-state index in [2.05, 4.69) is 20.1 Å². The van der Waals surface area contributed by atoms with Crippen LogP contribution in [0.15, 0.2) is 73.6 Å². The fourth-order valence-corrected chi connectivity index (χ4v) is 4.99. The maximum Gasteiger partial charge on any atom is 0.197 e. The van der Waals surface area contributed by atoms with Crippen molar-refractivity contribution >= 4 is 33.1 Å². The van der Waals surface area contributed by atoms with E-state index in [1.165, 1.54) is 6.07 Å². The van der Waals surface area contributed by atoms with Crippen LogP contribution in [0.4, 0.5) is 8.78 Å². The molecule has 0 aliphatic heterocycles. The Hall–Kier alpha value is -4.99. The molecule has 0 saturated carbocycles. The molecule has 8 nitrogen and oxygen atoms in total. The molecule has 0 radical (unpaired) electrons. The highest BCUT2D eigenvalue weighted by atomic mass is 19.1. The number of H-pyrrole nitrogens is 1. The summed E-state index contributed by atoms with van der Waals surface area (Å²) in [6.07, 6.45) is 8.81. The zero-order valence-corrected chi connectivity index (χ0v) is 20.4. The second kappa shape index (κ2) is 8.27. The fourth-order valence-electron chi connectivity index (χ4n) is 4.99. The average molecular weight is 507 g/mol. The standard InChI is InChI=1S/C28H20F2N8/c1-15(26-20(16-11-34-37(2)13-16)10-21-22(30)8-17(29)9-24(21)35-26)38-14-33-27-28(38)36-25(12-32-27)18-4-3-5-23-19(18)6-7-31-23/h3-15,31H,1-2H3. The summed E-state index contributed by atoms with van der Waals surface area (Å²) in [5.41, 5.74) is 6.02. The van der Waals surface area contributed by atoms with E-state index in [0.29, 0.717) is 28.2 Å². The number of aromatic nitrogens is 8. The van der Waals surface area contributed by atoms with Gasteiger partial charge in [-0.1, -0.05) is 12.1 Å². The van der Waals surface area contributed by atoms with E-state index in [9.17, 15) is 8.78 Å². The van der Waals surface area contributed by atoms with E-state index >= 15 is 0 Å². The van der Waals surface area contributed by atoms with Crippen molar-refractivity contribution in [3.8, 4) is 22.4 Å². The maximum atomic E-state index is 14.7. The SMILES string of the molecule is CC(c1nc2cc(F)cc(F)c2cc1-c1cnn(C)c1)n1cnc2ncc(-c3cccc4[nH]ccc34)nc21. The van der Waals surface area contributed by atoms with Gasteiger partial charge in [0.1, 0.15) is 11.6 Å². The van der Waals surface area contributed by atoms with Crippen LogP contribution in [0.2, 0.25) is 0 Å². The van der Waals surface area contributed by atoms with Gasteiger partial charge in [-0.05, 0) is 25.1 Å². The number of nitrogens with zero attached hydrogens (tertiary/aromatic N) is 7. The van der Waals surface area contributed by atoms with E-state index in [-0.39, 0.29) is 10.9 Å². The van der Waals surface area contributed by atoms with Crippen molar-refractivity contribution in [1.82, 2.24) is 39.3 Å². The Balaban J connectivity index is 1.42. The first-order chi connectivity index (χ1) is 18.5. The van der Waals surface area contributed by atoms with E-state index in [4.69, 9.17) is 9.97 Å². The van der Waals surface area contributed by atoms with Gasteiger partial charge in [0.05, 0.1) is 41.7 Å². The predicted molar refractivity (Wildman–Crippen MR) is 140 cm³/mol. The Morgan fingerprint density at radius 3 is 2.68 bits per heavy atom. The minimum absolute atomic E-state index is 0.229. The van der Waals surface area contributed by atoms with Crippen molar-refractivity contribution in [3.63, 3.8) is 0 Å². The van der Waals surface area contributed by atoms with E-state index in [1.807, 2.05) is 55.2 Å². The Kier molecular flexibility index (Phi) is 4.84. The van der Waals surface area contributed by atoms with Crippen LogP contribution in [0.1, 0.15) is 18.7 Å². The molecule has 1 atom stereocenters. The lowest BCUT2D eigenvalue weighted by Gasteiger charge is -2.18. The molecule has 0 saturated heterocycles. The minimum Gasteiger partial charge on any atom is -0.361 e. The Morgan fingerprint density at radius 1 is 0.947 bits per heavy atom. The van der Waals surface area contributed by atoms with Crippen molar-refractivity contribution in [2.24, 2.45) is 7.05 Å². The van der Waals surface area contributed by atoms with Crippen LogP contribution in [0, 0.1) is 11.6 Å². The van der Waals surface area contributed by atoms with Crippen molar-refractivity contribution < 1.29 is 8.78 Å². The summed E-state index contributed by atoms with van der Waals surface area (Å²) in [6.45, 7) is 1.95. The fraction of sp³-hybridized carbons (Fsp3) is 0.107. The van der Waals surface area contributed by atoms with Crippen molar-refractivity contribution in [2.45, 2.75) is 13.0 Å². The normalized spacial score (nSPS) is 12.6. The molecular formula is C28H20F2N8. The van der Waals surface area contributed by atoms with Crippen LogP contribution < -0.4 is 0 Å². The Bertz CT molecular complexity index is 2000. The van der Waals surface area contributed by atoms with Crippen LogP contribution in [-0.2, 0) is 7.05 Å². The molecule has 1 unspecified atom stereocenters. The van der Waals surface area contributed by atoms with Gasteiger partial charge in [-0.25, -0.2) is 28.7 Å². The largest absolute Gasteiger partial charge is 0.361 e. The predicted octanol–water partition coefficient (Wildman–Crippen LogP) is 5.81. The zero-order valence-electron chi connectivity index (χ0n) is 20.4. The Morgan fingerprint density at radius 2 is 1.84 bits per heavy atom. The topological polar surface area (TPSA) is 90.1 Å². The zero-order chi connectivity index (χ0) is 26.0. The second-order valence-corrected chi connectivity index (χ2v) is 9.25. The molecule has 0 aliphatic carbocycles. The summed E-state index contributed by atoms with van der Waals surface area (Å²) in [4.78, 5) is 21.9. The number of imidazole rings is 1. The summed E-state index contributed by atoms with van der Waals surface area (Å²) in [6, 6.07) is 11.4. The number of benzene rings is 2. The third kappa shape index (κ3) is 3.45. The van der Waals surface area contributed by atoms with Gasteiger partial charge < -0.3 is 9.55 Å². The molecule has 0 amide bonds. The smallest absolute Gasteiger partial charge is 0.197 e. The first-order valence-corrected chi connectivity index (χ1v) is 12.0. The lowest BCUT2D eigenvalue weighted by Crippen LogP contribution is -2.11. The van der Waals surface area contributed by atoms with Gasteiger partial charge in [-0.3, -0.25) is 4.68 Å². The highest BCUT2D eigenvalue weighted by Gasteiger charge is 2.22. The molecule has 0 spiro atoms. The molecule has 2 aromatic carbocycles. The van der Waals surface area contributed by atoms with Crippen molar-refractivity contribution in [1.29, 1.82) is 0 Å². The molecule has 0 aliphatic rings. The Labute approximate surface area is 214 Å². The molecule has 186 valence electrons. The van der Waals surface area contributed by atoms with Crippen LogP contribution in [0.3, 0.4) is 0 Å². The molecule has 0 bridgehead atoms. The van der Waals surface area contributed by atoms with E-state index in [0.717, 1.165) is 28.1 Å². The van der Waals surface area contributed by atoms with E-state index in [1.54, 1.807) is 29.5 Å². The third-order valence-corrected chi connectivity index (χ3v) is 6.86. The molecular weight excluding hydrogens is 486 g/mol. The minimum atomic E-state index is -0.683. The molecule has 5 heterocycles. The van der Waals surface area contributed by atoms with Crippen LogP contribution >= 0.6 is 0 Å². The van der Waals surface area contributed by atoms with Gasteiger partial charge in [-0.15, -0.1) is 0 Å². The number of hydrogen-bond donors (Lipinski definition) is 1. The van der Waals surface area contributed by atoms with Crippen LogP contribution in [-0.4, -0.2) is 39.3 Å². The number of fused-ring (bicyclic) bond motifs is 3. The summed E-state index contributed by atoms with van der Waals surface area (Å²) in [5, 5.41) is 5.56. The van der Waals surface area contributed by atoms with Gasteiger partial charge in [0.25, 0.3) is 0 Å². The molecule has 7 rings (SSSR count). The quantitative estimate of drug-likeness (QED) is 0.325. The van der Waals surface area contributed by atoms with Crippen molar-refractivity contribution in [2.75, 3.05) is 0 Å². The molecule has 38 heavy (non-hydrogen) atoms. The highest BCUT2D eigenvalue weighted by molar-refractivity contribution is 5.94. The van der Waals surface area contributed by atoms with Gasteiger partial charge >= 0.3 is 0 Å². The molecule has 7 aromatic rings. The highest BCUT2D eigenvalue weighted by Crippen LogP contribution is 2.34. The third-order valence-electron chi connectivity index (χ3n) is 6.86. The lowest BCUT2D eigenvalue weighted by atomic mass is 10.00. The first kappa shape index (κ1) is 22.2. The van der Waals surface area contributed by atoms with Gasteiger partial charge in [0, 0.05) is 64.6 Å². The number of hydrogen-bond acceptors (Lipinski definition) is 5. The van der Waals surface area contributed by atoms with Gasteiger partial charge in [-0.2, -0.15) is 5.10 Å². The number of aromatic amines is 1. The molecule has 1 N–H and O–H groups in total. The monoisotopic (exact) mass is 506 g/mol. The summed E-state index contributed by atoms with van der Waals surface area (Å²) in [5.74, 6) is -1.35. The van der Waals surface area contributed by atoms with Crippen molar-refractivity contribution in [3.05, 3.63) is 90.9 Å². The molecule has 5 aromatic heterocycles. The van der Waals surface area contributed by atoms with Gasteiger partial charge in [0.2, 0.25) is 0 Å². The number of nitrogens with one attached hydrogen (secondary N) is 1.